The number of hydrogen-bond acceptors (Lipinski definition) is 7. The minimum atomic E-state index is -4.24. The van der Waals surface area contributed by atoms with Gasteiger partial charge in [0.05, 0.1) is 16.2 Å². The zero-order valence-electron chi connectivity index (χ0n) is 20.7. The van der Waals surface area contributed by atoms with Gasteiger partial charge in [0.1, 0.15) is 11.5 Å². The fourth-order valence-electron chi connectivity index (χ4n) is 3.95. The first-order chi connectivity index (χ1) is 17.0. The van der Waals surface area contributed by atoms with Crippen molar-refractivity contribution >= 4 is 47.0 Å². The molecule has 0 saturated carbocycles. The molecule has 1 saturated heterocycles. The number of carbonyl (C=O) groups excluding carboxylic acids is 1. The van der Waals surface area contributed by atoms with Gasteiger partial charge in [0.25, 0.3) is 0 Å². The zero-order chi connectivity index (χ0) is 26.8. The quantitative estimate of drug-likeness (QED) is 0.160. The number of carboxylic acid groups (broad SMARTS) is 1. The third kappa shape index (κ3) is 10.3. The van der Waals surface area contributed by atoms with Crippen LogP contribution in [-0.2, 0) is 11.2 Å². The molecule has 0 bridgehead atoms. The summed E-state index contributed by atoms with van der Waals surface area (Å²) in [6, 6.07) is 3.32. The lowest BCUT2D eigenvalue weighted by molar-refractivity contribution is -0.137. The lowest BCUT2D eigenvalue weighted by atomic mass is 10.0. The monoisotopic (exact) mass is 568 g/mol. The van der Waals surface area contributed by atoms with E-state index in [0.717, 1.165) is 36.5 Å². The number of carboxylic acids is 1. The van der Waals surface area contributed by atoms with Gasteiger partial charge in [-0.3, -0.25) is 9.59 Å². The lowest BCUT2D eigenvalue weighted by Crippen LogP contribution is -2.23. The van der Waals surface area contributed by atoms with Gasteiger partial charge in [0.15, 0.2) is 5.78 Å². The summed E-state index contributed by atoms with van der Waals surface area (Å²) in [5.74, 6) is 1.88. The number of benzene rings is 1. The average Bonchev–Trinajstić information content (AvgIpc) is 3.21. The summed E-state index contributed by atoms with van der Waals surface area (Å²) < 4.78 is 43.6. The first-order valence-corrected chi connectivity index (χ1v) is 15.1. The number of Topliss-reactive ketones (excluding diaryl/α,β-unsaturated/α-hetero) is 1. The average molecular weight is 569 g/mol. The van der Waals surface area contributed by atoms with Crippen LogP contribution in [0, 0.1) is 0 Å². The maximum atomic E-state index is 12.8. The van der Waals surface area contributed by atoms with E-state index in [4.69, 9.17) is 9.84 Å². The Morgan fingerprint density at radius 3 is 2.64 bits per heavy atom. The van der Waals surface area contributed by atoms with Gasteiger partial charge in [-0.1, -0.05) is 13.3 Å². The molecule has 1 heterocycles. The Kier molecular flexibility index (Phi) is 12.6. The number of phenols is 1. The molecule has 1 aliphatic heterocycles. The second-order valence-corrected chi connectivity index (χ2v) is 13.3. The van der Waals surface area contributed by atoms with Gasteiger partial charge in [-0.05, 0) is 56.9 Å². The normalized spacial score (nSPS) is 20.0. The molecule has 1 aromatic rings. The van der Waals surface area contributed by atoms with Crippen LogP contribution in [0.2, 0.25) is 0 Å². The molecule has 1 aromatic carbocycles. The number of ether oxygens (including phenoxy) is 1. The standard InChI is InChI=1S/C25H35F3O5S3/c1-3-6-20-21(8-7-19(17(2)29)23(20)32)33-13-4-5-14-34-15-18-16-35-24(36-18,10-9-22(30)31)11-12-25(26,27)28/h7-8,18,32H,3-6,9-16H2,1-2H3,(H,30,31)/t18?,24-/m1/s1. The molecule has 0 amide bonds. The van der Waals surface area contributed by atoms with Crippen molar-refractivity contribution < 1.29 is 37.7 Å². The molecule has 0 spiro atoms. The molecular formula is C25H35F3O5S3. The Morgan fingerprint density at radius 2 is 2.00 bits per heavy atom. The van der Waals surface area contributed by atoms with Crippen LogP contribution in [0.5, 0.6) is 11.5 Å². The van der Waals surface area contributed by atoms with Crippen LogP contribution in [0.3, 0.4) is 0 Å². The van der Waals surface area contributed by atoms with E-state index in [2.05, 4.69) is 0 Å². The molecule has 204 valence electrons. The number of halogens is 3. The molecule has 0 aliphatic carbocycles. The van der Waals surface area contributed by atoms with Gasteiger partial charge in [0.2, 0.25) is 0 Å². The number of carbonyl (C=O) groups is 2. The summed E-state index contributed by atoms with van der Waals surface area (Å²) in [6.07, 6.45) is -1.90. The Morgan fingerprint density at radius 1 is 1.25 bits per heavy atom. The first kappa shape index (κ1) is 31.0. The van der Waals surface area contributed by atoms with E-state index in [1.165, 1.54) is 30.4 Å². The highest BCUT2D eigenvalue weighted by molar-refractivity contribution is 8.22. The number of thioether (sulfide) groups is 3. The second kappa shape index (κ2) is 14.7. The topological polar surface area (TPSA) is 83.8 Å². The molecular weight excluding hydrogens is 533 g/mol. The summed E-state index contributed by atoms with van der Waals surface area (Å²) in [7, 11) is 0. The number of phenolic OH excluding ortho intramolecular Hbond substituents is 1. The molecule has 11 heteroatoms. The van der Waals surface area contributed by atoms with Crippen molar-refractivity contribution in [1.29, 1.82) is 0 Å². The van der Waals surface area contributed by atoms with Crippen LogP contribution < -0.4 is 4.74 Å². The van der Waals surface area contributed by atoms with Gasteiger partial charge >= 0.3 is 12.1 Å². The molecule has 1 unspecified atom stereocenters. The molecule has 0 radical (unpaired) electrons. The number of ketones is 1. The highest BCUT2D eigenvalue weighted by atomic mass is 32.2. The molecule has 1 fully saturated rings. The van der Waals surface area contributed by atoms with Crippen LogP contribution in [-0.4, -0.2) is 61.3 Å². The predicted octanol–water partition coefficient (Wildman–Crippen LogP) is 7.19. The smallest absolute Gasteiger partial charge is 0.389 e. The first-order valence-electron chi connectivity index (χ1n) is 12.1. The molecule has 1 aliphatic rings. The maximum absolute atomic E-state index is 12.8. The van der Waals surface area contributed by atoms with E-state index in [9.17, 15) is 27.9 Å². The van der Waals surface area contributed by atoms with E-state index in [-0.39, 0.29) is 36.0 Å². The van der Waals surface area contributed by atoms with Crippen LogP contribution in [0.4, 0.5) is 13.2 Å². The van der Waals surface area contributed by atoms with Crippen LogP contribution in [0.15, 0.2) is 12.1 Å². The zero-order valence-corrected chi connectivity index (χ0v) is 23.1. The van der Waals surface area contributed by atoms with Gasteiger partial charge in [-0.15, -0.1) is 23.5 Å². The largest absolute Gasteiger partial charge is 0.507 e. The van der Waals surface area contributed by atoms with E-state index in [1.54, 1.807) is 23.9 Å². The third-order valence-corrected chi connectivity index (χ3v) is 11.1. The molecule has 36 heavy (non-hydrogen) atoms. The van der Waals surface area contributed by atoms with Crippen molar-refractivity contribution in [1.82, 2.24) is 0 Å². The van der Waals surface area contributed by atoms with E-state index < -0.39 is 22.6 Å². The number of unbranched alkanes of at least 4 members (excludes halogenated alkanes) is 1. The Balaban J connectivity index is 1.74. The van der Waals surface area contributed by atoms with Gasteiger partial charge in [-0.2, -0.15) is 24.9 Å². The number of rotatable bonds is 16. The number of aromatic hydroxyl groups is 1. The van der Waals surface area contributed by atoms with Crippen molar-refractivity contribution in [3.63, 3.8) is 0 Å². The molecule has 0 aromatic heterocycles. The Labute approximate surface area is 223 Å². The molecule has 5 nitrogen and oxygen atoms in total. The van der Waals surface area contributed by atoms with Gasteiger partial charge in [0, 0.05) is 35.2 Å². The van der Waals surface area contributed by atoms with Crippen LogP contribution in [0.1, 0.15) is 74.7 Å². The summed E-state index contributed by atoms with van der Waals surface area (Å²) in [4.78, 5) is 22.7. The maximum Gasteiger partial charge on any atom is 0.389 e. The van der Waals surface area contributed by atoms with Crippen molar-refractivity contribution in [2.75, 3.05) is 23.9 Å². The summed E-state index contributed by atoms with van der Waals surface area (Å²) in [6.45, 7) is 3.90. The van der Waals surface area contributed by atoms with Crippen LogP contribution >= 0.6 is 35.3 Å². The van der Waals surface area contributed by atoms with Crippen molar-refractivity contribution in [2.45, 2.75) is 80.7 Å². The Bertz CT molecular complexity index is 881. The fourth-order valence-corrected chi connectivity index (χ4v) is 9.12. The summed E-state index contributed by atoms with van der Waals surface area (Å²) in [5.41, 5.74) is 0.961. The number of hydrogen-bond donors (Lipinski definition) is 2. The van der Waals surface area contributed by atoms with Crippen molar-refractivity contribution in [2.24, 2.45) is 0 Å². The summed E-state index contributed by atoms with van der Waals surface area (Å²) >= 11 is 4.77. The van der Waals surface area contributed by atoms with Crippen molar-refractivity contribution in [3.05, 3.63) is 23.3 Å². The number of aliphatic carboxylic acids is 1. The van der Waals surface area contributed by atoms with Crippen molar-refractivity contribution in [3.8, 4) is 11.5 Å². The fraction of sp³-hybridized carbons (Fsp3) is 0.680. The van der Waals surface area contributed by atoms with Gasteiger partial charge in [-0.25, -0.2) is 0 Å². The van der Waals surface area contributed by atoms with E-state index >= 15 is 0 Å². The number of alkyl halides is 3. The highest BCUT2D eigenvalue weighted by Gasteiger charge is 2.43. The second-order valence-electron chi connectivity index (χ2n) is 8.85. The van der Waals surface area contributed by atoms with E-state index in [0.29, 0.717) is 29.9 Å². The predicted molar refractivity (Wildman–Crippen MR) is 143 cm³/mol. The summed E-state index contributed by atoms with van der Waals surface area (Å²) in [5, 5.41) is 19.6. The SMILES string of the molecule is CCCc1c(OCCCCSCC2CS[C@@](CCC(=O)O)(CCC(F)(F)F)S2)ccc(C(C)=O)c1O. The third-order valence-electron chi connectivity index (χ3n) is 5.79. The highest BCUT2D eigenvalue weighted by Crippen LogP contribution is 2.55. The Hall–Kier alpha value is -1.20. The van der Waals surface area contributed by atoms with Crippen LogP contribution in [0.25, 0.3) is 0 Å². The molecule has 2 N–H and O–H groups in total. The molecule has 2 rings (SSSR count). The minimum Gasteiger partial charge on any atom is -0.507 e. The minimum absolute atomic E-state index is 0.000923. The molecule has 2 atom stereocenters. The van der Waals surface area contributed by atoms with Gasteiger partial charge < -0.3 is 14.9 Å². The lowest BCUT2D eigenvalue weighted by Gasteiger charge is -2.28. The van der Waals surface area contributed by atoms with E-state index in [1.807, 2.05) is 6.92 Å².